The number of rotatable bonds is 7. The second-order valence-corrected chi connectivity index (χ2v) is 5.29. The number of hydrogen-bond acceptors (Lipinski definition) is 4. The van der Waals surface area contributed by atoms with E-state index in [1.54, 1.807) is 0 Å². The number of aliphatic carboxylic acids is 1. The zero-order chi connectivity index (χ0) is 15.7. The molecule has 1 rings (SSSR count). The molecule has 5 nitrogen and oxygen atoms in total. The summed E-state index contributed by atoms with van der Waals surface area (Å²) >= 11 is 0. The van der Waals surface area contributed by atoms with Crippen LogP contribution >= 0.6 is 0 Å². The normalized spacial score (nSPS) is 21.3. The lowest BCUT2D eigenvalue weighted by Crippen LogP contribution is -2.41. The van der Waals surface area contributed by atoms with Crippen molar-refractivity contribution in [2.45, 2.75) is 45.2 Å². The van der Waals surface area contributed by atoms with E-state index in [0.717, 1.165) is 25.1 Å². The molecule has 1 saturated heterocycles. The van der Waals surface area contributed by atoms with Crippen molar-refractivity contribution < 1.29 is 9.90 Å². The van der Waals surface area contributed by atoms with E-state index in [0.29, 0.717) is 18.6 Å². The van der Waals surface area contributed by atoms with Crippen molar-refractivity contribution >= 4 is 5.97 Å². The van der Waals surface area contributed by atoms with Gasteiger partial charge in [-0.05, 0) is 19.9 Å². The van der Waals surface area contributed by atoms with Gasteiger partial charge in [-0.1, -0.05) is 20.4 Å². The molecular weight excluding hydrogens is 254 g/mol. The van der Waals surface area contributed by atoms with Crippen LogP contribution in [0.4, 0.5) is 0 Å². The van der Waals surface area contributed by atoms with Gasteiger partial charge in [0, 0.05) is 45.0 Å². The number of carboxylic acids is 1. The maximum Gasteiger partial charge on any atom is 0.304 e. The summed E-state index contributed by atoms with van der Waals surface area (Å²) in [5.41, 5.74) is 1.12. The van der Waals surface area contributed by atoms with Gasteiger partial charge in [-0.25, -0.2) is 0 Å². The molecule has 1 heterocycles. The Kier molecular flexibility index (Phi) is 9.25. The molecule has 118 valence electrons. The molecule has 0 aromatic carbocycles. The van der Waals surface area contributed by atoms with Gasteiger partial charge in [-0.2, -0.15) is 0 Å². The highest BCUT2D eigenvalue weighted by Gasteiger charge is 2.26. The summed E-state index contributed by atoms with van der Waals surface area (Å²) in [5.74, 6) is -0.736. The van der Waals surface area contributed by atoms with E-state index in [1.165, 1.54) is 0 Å². The smallest absolute Gasteiger partial charge is 0.304 e. The van der Waals surface area contributed by atoms with E-state index < -0.39 is 5.97 Å². The first kappa shape index (κ1) is 18.9. The number of carbonyl (C=O) groups is 1. The molecule has 2 N–H and O–H groups in total. The number of nitrogens with zero attached hydrogens (tertiary/aromatic N) is 2. The highest BCUT2D eigenvalue weighted by Crippen LogP contribution is 2.19. The molecule has 1 aliphatic rings. The van der Waals surface area contributed by atoms with Crippen LogP contribution in [0.25, 0.3) is 0 Å². The fourth-order valence-corrected chi connectivity index (χ4v) is 2.29. The van der Waals surface area contributed by atoms with E-state index >= 15 is 0 Å². The molecule has 2 unspecified atom stereocenters. The van der Waals surface area contributed by atoms with E-state index in [2.05, 4.69) is 16.8 Å². The van der Waals surface area contributed by atoms with E-state index in [4.69, 9.17) is 5.11 Å². The molecule has 0 aliphatic carbocycles. The second-order valence-electron chi connectivity index (χ2n) is 5.29. The fraction of sp³-hybridized carbons (Fsp3) is 0.800. The minimum absolute atomic E-state index is 0.205. The van der Waals surface area contributed by atoms with Crippen molar-refractivity contribution in [3.05, 3.63) is 12.3 Å². The first-order valence-electron chi connectivity index (χ1n) is 7.42. The van der Waals surface area contributed by atoms with Crippen molar-refractivity contribution in [2.75, 3.05) is 34.2 Å². The largest absolute Gasteiger partial charge is 0.481 e. The quantitative estimate of drug-likeness (QED) is 0.744. The maximum absolute atomic E-state index is 10.5. The third kappa shape index (κ3) is 6.91. The van der Waals surface area contributed by atoms with Gasteiger partial charge >= 0.3 is 5.97 Å². The zero-order valence-corrected chi connectivity index (χ0v) is 13.6. The molecule has 0 amide bonds. The lowest BCUT2D eigenvalue weighted by molar-refractivity contribution is -0.137. The van der Waals surface area contributed by atoms with Gasteiger partial charge in [0.05, 0.1) is 6.42 Å². The van der Waals surface area contributed by atoms with Gasteiger partial charge < -0.3 is 20.2 Å². The third-order valence-electron chi connectivity index (χ3n) is 3.46. The van der Waals surface area contributed by atoms with Gasteiger partial charge in [0.25, 0.3) is 0 Å². The molecule has 0 aromatic heterocycles. The van der Waals surface area contributed by atoms with Gasteiger partial charge in [-0.3, -0.25) is 4.79 Å². The standard InChI is InChI=1S/C13H25N3O2.C2H6/c1-10(15(2)3)12-6-5-11(14-12)9-16(4)8-7-13(17)18;1-2/h11-12,14H,1,5-9H2,2-4H3,(H,17,18);1-2H3. The molecule has 0 spiro atoms. The Bertz CT molecular complexity index is 305. The van der Waals surface area contributed by atoms with Crippen LogP contribution in [0.1, 0.15) is 33.1 Å². The number of nitrogens with one attached hydrogen (secondary N) is 1. The lowest BCUT2D eigenvalue weighted by Gasteiger charge is -2.24. The van der Waals surface area contributed by atoms with Crippen LogP contribution in [0.15, 0.2) is 12.3 Å². The maximum atomic E-state index is 10.5. The molecule has 20 heavy (non-hydrogen) atoms. The van der Waals surface area contributed by atoms with Crippen molar-refractivity contribution in [3.63, 3.8) is 0 Å². The second kappa shape index (κ2) is 9.77. The monoisotopic (exact) mass is 285 g/mol. The van der Waals surface area contributed by atoms with Gasteiger partial charge in [0.1, 0.15) is 0 Å². The molecule has 0 saturated carbocycles. The van der Waals surface area contributed by atoms with E-state index in [1.807, 2.05) is 39.9 Å². The van der Waals surface area contributed by atoms with Crippen LogP contribution in [0, 0.1) is 0 Å². The van der Waals surface area contributed by atoms with Crippen molar-refractivity contribution in [3.8, 4) is 0 Å². The Morgan fingerprint density at radius 1 is 1.30 bits per heavy atom. The average molecular weight is 285 g/mol. The minimum atomic E-state index is -0.736. The average Bonchev–Trinajstić information content (AvgIpc) is 2.86. The molecule has 2 atom stereocenters. The predicted octanol–water partition coefficient (Wildman–Crippen LogP) is 1.62. The molecule has 0 aromatic rings. The zero-order valence-electron chi connectivity index (χ0n) is 13.6. The Hall–Kier alpha value is -1.07. The van der Waals surface area contributed by atoms with Crippen LogP contribution in [-0.2, 0) is 4.79 Å². The molecule has 1 aliphatic heterocycles. The Morgan fingerprint density at radius 2 is 1.90 bits per heavy atom. The van der Waals surface area contributed by atoms with Crippen LogP contribution in [-0.4, -0.2) is 67.2 Å². The molecule has 0 radical (unpaired) electrons. The van der Waals surface area contributed by atoms with Crippen LogP contribution in [0.5, 0.6) is 0 Å². The summed E-state index contributed by atoms with van der Waals surface area (Å²) in [6, 6.07) is 0.795. The highest BCUT2D eigenvalue weighted by atomic mass is 16.4. The molecule has 5 heteroatoms. The lowest BCUT2D eigenvalue weighted by atomic mass is 10.1. The molecular formula is C15H31N3O2. The van der Waals surface area contributed by atoms with Crippen LogP contribution < -0.4 is 5.32 Å². The number of hydrogen-bond donors (Lipinski definition) is 2. The first-order valence-corrected chi connectivity index (χ1v) is 7.42. The van der Waals surface area contributed by atoms with Crippen molar-refractivity contribution in [1.82, 2.24) is 15.1 Å². The minimum Gasteiger partial charge on any atom is -0.481 e. The summed E-state index contributed by atoms with van der Waals surface area (Å²) < 4.78 is 0. The topological polar surface area (TPSA) is 55.8 Å². The van der Waals surface area contributed by atoms with E-state index in [9.17, 15) is 4.79 Å². The summed E-state index contributed by atoms with van der Waals surface area (Å²) in [6.07, 6.45) is 2.43. The van der Waals surface area contributed by atoms with Crippen molar-refractivity contribution in [1.29, 1.82) is 0 Å². The fourth-order valence-electron chi connectivity index (χ4n) is 2.29. The van der Waals surface area contributed by atoms with Gasteiger partial charge in [0.15, 0.2) is 0 Å². The molecule has 1 fully saturated rings. The summed E-state index contributed by atoms with van der Waals surface area (Å²) in [6.45, 7) is 9.58. The van der Waals surface area contributed by atoms with Gasteiger partial charge in [-0.15, -0.1) is 0 Å². The van der Waals surface area contributed by atoms with Crippen LogP contribution in [0.2, 0.25) is 0 Å². The summed E-state index contributed by atoms with van der Waals surface area (Å²) in [4.78, 5) is 14.6. The molecule has 0 bridgehead atoms. The Labute approximate surface area is 123 Å². The Morgan fingerprint density at radius 3 is 2.40 bits per heavy atom. The Balaban J connectivity index is 0.00000172. The summed E-state index contributed by atoms with van der Waals surface area (Å²) in [7, 11) is 5.99. The SMILES string of the molecule is C=C(C1CCC(CN(C)CCC(=O)O)N1)N(C)C.CC. The van der Waals surface area contributed by atoms with E-state index in [-0.39, 0.29) is 6.42 Å². The number of likely N-dealkylation sites (N-methyl/N-ethyl adjacent to an activating group) is 2. The van der Waals surface area contributed by atoms with Crippen LogP contribution in [0.3, 0.4) is 0 Å². The summed E-state index contributed by atoms with van der Waals surface area (Å²) in [5, 5.41) is 12.2. The highest BCUT2D eigenvalue weighted by molar-refractivity contribution is 5.66. The predicted molar refractivity (Wildman–Crippen MR) is 83.9 cm³/mol. The third-order valence-corrected chi connectivity index (χ3v) is 3.46. The first-order chi connectivity index (χ1) is 9.40. The van der Waals surface area contributed by atoms with Crippen molar-refractivity contribution in [2.24, 2.45) is 0 Å². The van der Waals surface area contributed by atoms with Gasteiger partial charge in [0.2, 0.25) is 0 Å². The number of carboxylic acid groups (broad SMARTS) is 1.